The number of nitrogens with zero attached hydrogens (tertiary/aromatic N) is 1. The third-order valence-corrected chi connectivity index (χ3v) is 3.04. The maximum absolute atomic E-state index is 5.58. The number of rotatable bonds is 7. The molecule has 0 aliphatic heterocycles. The maximum atomic E-state index is 5.58. The molecule has 1 unspecified atom stereocenters. The van der Waals surface area contributed by atoms with Gasteiger partial charge >= 0.3 is 0 Å². The Morgan fingerprint density at radius 1 is 1.28 bits per heavy atom. The smallest absolute Gasteiger partial charge is 0.142 e. The van der Waals surface area contributed by atoms with Crippen LogP contribution in [0, 0.1) is 5.92 Å². The van der Waals surface area contributed by atoms with Gasteiger partial charge in [-0.1, -0.05) is 6.92 Å². The molecule has 0 saturated carbocycles. The van der Waals surface area contributed by atoms with Gasteiger partial charge in [0.25, 0.3) is 0 Å². The van der Waals surface area contributed by atoms with Gasteiger partial charge in [0.1, 0.15) is 11.5 Å². The zero-order valence-corrected chi connectivity index (χ0v) is 11.8. The van der Waals surface area contributed by atoms with Crippen LogP contribution in [0.2, 0.25) is 0 Å². The van der Waals surface area contributed by atoms with Crippen LogP contribution in [-0.4, -0.2) is 34.4 Å². The number of benzene rings is 1. The molecular formula is C14H24N2O2. The summed E-state index contributed by atoms with van der Waals surface area (Å²) < 4.78 is 10.6. The van der Waals surface area contributed by atoms with Gasteiger partial charge < -0.3 is 20.1 Å². The molecule has 1 aromatic carbocycles. The topological polar surface area (TPSA) is 47.7 Å². The molecule has 1 rings (SSSR count). The van der Waals surface area contributed by atoms with Gasteiger partial charge in [0.15, 0.2) is 0 Å². The Bertz CT molecular complexity index is 369. The van der Waals surface area contributed by atoms with Crippen molar-refractivity contribution in [3.8, 4) is 11.5 Å². The summed E-state index contributed by atoms with van der Waals surface area (Å²) in [6, 6.07) is 5.83. The average Bonchev–Trinajstić information content (AvgIpc) is 2.38. The summed E-state index contributed by atoms with van der Waals surface area (Å²) in [5.74, 6) is 2.25. The third-order valence-electron chi connectivity index (χ3n) is 3.04. The summed E-state index contributed by atoms with van der Waals surface area (Å²) in [5.41, 5.74) is 6.62. The number of methoxy groups -OCH3 is 2. The Morgan fingerprint density at radius 3 is 2.56 bits per heavy atom. The molecule has 1 aromatic rings. The highest BCUT2D eigenvalue weighted by Gasteiger charge is 2.12. The monoisotopic (exact) mass is 252 g/mol. The van der Waals surface area contributed by atoms with Gasteiger partial charge in [-0.05, 0) is 31.0 Å². The molecule has 0 aliphatic carbocycles. The zero-order chi connectivity index (χ0) is 13.5. The Labute approximate surface area is 110 Å². The second kappa shape index (κ2) is 7.11. The van der Waals surface area contributed by atoms with Crippen LogP contribution in [0.4, 0.5) is 5.69 Å². The molecule has 102 valence electrons. The van der Waals surface area contributed by atoms with E-state index in [0.717, 1.165) is 36.7 Å². The van der Waals surface area contributed by atoms with E-state index in [-0.39, 0.29) is 0 Å². The van der Waals surface area contributed by atoms with Crippen molar-refractivity contribution in [2.24, 2.45) is 11.7 Å². The van der Waals surface area contributed by atoms with Gasteiger partial charge in [-0.25, -0.2) is 0 Å². The van der Waals surface area contributed by atoms with Crippen molar-refractivity contribution in [2.75, 3.05) is 39.3 Å². The molecule has 2 N–H and O–H groups in total. The largest absolute Gasteiger partial charge is 0.497 e. The van der Waals surface area contributed by atoms with Crippen molar-refractivity contribution >= 4 is 5.69 Å². The van der Waals surface area contributed by atoms with Crippen LogP contribution in [0.5, 0.6) is 11.5 Å². The summed E-state index contributed by atoms with van der Waals surface area (Å²) in [7, 11) is 5.41. The Kier molecular flexibility index (Phi) is 5.78. The van der Waals surface area contributed by atoms with Gasteiger partial charge in [-0.3, -0.25) is 0 Å². The Morgan fingerprint density at radius 2 is 2.00 bits per heavy atom. The minimum absolute atomic E-state index is 0.552. The highest BCUT2D eigenvalue weighted by atomic mass is 16.5. The van der Waals surface area contributed by atoms with E-state index in [1.54, 1.807) is 14.2 Å². The number of ether oxygens (including phenoxy) is 2. The van der Waals surface area contributed by atoms with Crippen LogP contribution >= 0.6 is 0 Å². The first-order chi connectivity index (χ1) is 8.62. The van der Waals surface area contributed by atoms with E-state index >= 15 is 0 Å². The quantitative estimate of drug-likeness (QED) is 0.807. The van der Waals surface area contributed by atoms with Crippen LogP contribution < -0.4 is 20.1 Å². The second-order valence-corrected chi connectivity index (χ2v) is 4.60. The predicted octanol–water partition coefficient (Wildman–Crippen LogP) is 2.12. The van der Waals surface area contributed by atoms with E-state index in [4.69, 9.17) is 15.2 Å². The van der Waals surface area contributed by atoms with Crippen molar-refractivity contribution in [3.05, 3.63) is 18.2 Å². The van der Waals surface area contributed by atoms with E-state index < -0.39 is 0 Å². The molecule has 0 spiro atoms. The lowest BCUT2D eigenvalue weighted by atomic mass is 10.1. The number of anilines is 1. The number of hydrogen-bond donors (Lipinski definition) is 1. The first-order valence-electron chi connectivity index (χ1n) is 6.25. The van der Waals surface area contributed by atoms with Crippen molar-refractivity contribution in [1.82, 2.24) is 0 Å². The molecule has 0 heterocycles. The number of hydrogen-bond acceptors (Lipinski definition) is 4. The molecule has 4 heteroatoms. The van der Waals surface area contributed by atoms with E-state index in [9.17, 15) is 0 Å². The van der Waals surface area contributed by atoms with Crippen LogP contribution in [0.25, 0.3) is 0 Å². The van der Waals surface area contributed by atoms with Crippen LogP contribution in [-0.2, 0) is 0 Å². The summed E-state index contributed by atoms with van der Waals surface area (Å²) in [6.07, 6.45) is 1.02. The maximum Gasteiger partial charge on any atom is 0.142 e. The fourth-order valence-electron chi connectivity index (χ4n) is 2.04. The van der Waals surface area contributed by atoms with Gasteiger partial charge in [0.05, 0.1) is 19.9 Å². The van der Waals surface area contributed by atoms with Gasteiger partial charge in [0.2, 0.25) is 0 Å². The van der Waals surface area contributed by atoms with Crippen LogP contribution in [0.15, 0.2) is 18.2 Å². The minimum atomic E-state index is 0.552. The highest BCUT2D eigenvalue weighted by Crippen LogP contribution is 2.32. The highest BCUT2D eigenvalue weighted by molar-refractivity contribution is 5.61. The van der Waals surface area contributed by atoms with E-state index in [0.29, 0.717) is 5.92 Å². The summed E-state index contributed by atoms with van der Waals surface area (Å²) in [4.78, 5) is 2.18. The Hall–Kier alpha value is -1.42. The molecule has 1 atom stereocenters. The van der Waals surface area contributed by atoms with Crippen molar-refractivity contribution in [1.29, 1.82) is 0 Å². The average molecular weight is 252 g/mol. The van der Waals surface area contributed by atoms with E-state index in [2.05, 4.69) is 18.9 Å². The molecule has 0 aliphatic rings. The SMILES string of the molecule is COc1ccc(OC)c(N(C)CC(C)CCN)c1. The molecule has 4 nitrogen and oxygen atoms in total. The fraction of sp³-hybridized carbons (Fsp3) is 0.571. The first kappa shape index (κ1) is 14.6. The second-order valence-electron chi connectivity index (χ2n) is 4.60. The summed E-state index contributed by atoms with van der Waals surface area (Å²) in [6.45, 7) is 3.88. The zero-order valence-electron chi connectivity index (χ0n) is 11.8. The summed E-state index contributed by atoms with van der Waals surface area (Å²) >= 11 is 0. The molecule has 18 heavy (non-hydrogen) atoms. The van der Waals surface area contributed by atoms with Gasteiger partial charge in [-0.15, -0.1) is 0 Å². The lowest BCUT2D eigenvalue weighted by Crippen LogP contribution is -2.25. The Balaban J connectivity index is 2.85. The standard InChI is InChI=1S/C14H24N2O2/c1-11(7-8-15)10-16(2)13-9-12(17-3)5-6-14(13)18-4/h5-6,9,11H,7-8,10,15H2,1-4H3. The normalized spacial score (nSPS) is 12.1. The third kappa shape index (κ3) is 3.81. The number of nitrogens with two attached hydrogens (primary N) is 1. The lowest BCUT2D eigenvalue weighted by molar-refractivity contribution is 0.402. The van der Waals surface area contributed by atoms with Gasteiger partial charge in [-0.2, -0.15) is 0 Å². The predicted molar refractivity (Wildman–Crippen MR) is 75.7 cm³/mol. The lowest BCUT2D eigenvalue weighted by Gasteiger charge is -2.25. The summed E-state index contributed by atoms with van der Waals surface area (Å²) in [5, 5.41) is 0. The molecular weight excluding hydrogens is 228 g/mol. The van der Waals surface area contributed by atoms with Crippen molar-refractivity contribution in [3.63, 3.8) is 0 Å². The van der Waals surface area contributed by atoms with E-state index in [1.165, 1.54) is 0 Å². The molecule has 0 radical (unpaired) electrons. The van der Waals surface area contributed by atoms with Gasteiger partial charge in [0, 0.05) is 19.7 Å². The molecule has 0 saturated heterocycles. The fourth-order valence-corrected chi connectivity index (χ4v) is 2.04. The first-order valence-corrected chi connectivity index (χ1v) is 6.25. The van der Waals surface area contributed by atoms with E-state index in [1.807, 2.05) is 18.2 Å². The van der Waals surface area contributed by atoms with Crippen molar-refractivity contribution < 1.29 is 9.47 Å². The molecule has 0 aromatic heterocycles. The molecule has 0 bridgehead atoms. The van der Waals surface area contributed by atoms with Crippen LogP contribution in [0.3, 0.4) is 0 Å². The molecule has 0 fully saturated rings. The van der Waals surface area contributed by atoms with Crippen molar-refractivity contribution in [2.45, 2.75) is 13.3 Å². The molecule has 0 amide bonds. The van der Waals surface area contributed by atoms with Crippen LogP contribution in [0.1, 0.15) is 13.3 Å². The minimum Gasteiger partial charge on any atom is -0.497 e.